The van der Waals surface area contributed by atoms with Crippen LogP contribution in [0.2, 0.25) is 0 Å². The van der Waals surface area contributed by atoms with Gasteiger partial charge in [-0.2, -0.15) is 13.6 Å². The van der Waals surface area contributed by atoms with E-state index in [1.807, 2.05) is 0 Å². The number of anilines is 1. The third-order valence-corrected chi connectivity index (χ3v) is 8.25. The van der Waals surface area contributed by atoms with E-state index in [0.29, 0.717) is 0 Å². The molecule has 23 heteroatoms. The first-order chi connectivity index (χ1) is 16.2. The van der Waals surface area contributed by atoms with Crippen LogP contribution in [0.4, 0.5) is 10.3 Å². The number of fused-ring (bicyclic) bond motifs is 1. The molecule has 34 heavy (non-hydrogen) atoms. The molecule has 0 radical (unpaired) electrons. The largest absolute Gasteiger partial charge is 0.490 e. The van der Waals surface area contributed by atoms with Gasteiger partial charge in [-0.1, -0.05) is 0 Å². The first kappa shape index (κ1) is 24.4. The van der Waals surface area contributed by atoms with Crippen LogP contribution in [-0.4, -0.2) is 74.5 Å². The molecule has 192 valence electrons. The molecule has 2 aromatic heterocycles. The molecule has 1 aliphatic rings. The molecule has 2 aromatic rings. The van der Waals surface area contributed by atoms with Gasteiger partial charge in [-0.25, -0.2) is 23.1 Å². The van der Waals surface area contributed by atoms with Crippen molar-refractivity contribution < 1.29 is 63.4 Å². The lowest BCUT2D eigenvalue weighted by Crippen LogP contribution is -2.44. The van der Waals surface area contributed by atoms with E-state index >= 15 is 0 Å². The van der Waals surface area contributed by atoms with Crippen molar-refractivity contribution in [3.63, 3.8) is 0 Å². The number of nitrogens with zero attached hydrogens (tertiary/aromatic N) is 3. The Hall–Kier alpha value is -1.30. The number of halogens is 2. The number of nitrogens with two attached hydrogens (primary N) is 1. The van der Waals surface area contributed by atoms with Gasteiger partial charge < -0.3 is 35.2 Å². The van der Waals surface area contributed by atoms with Gasteiger partial charge in [-0.05, 0) is 0 Å². The predicted molar refractivity (Wildman–Crippen MR) is 107 cm³/mol. The van der Waals surface area contributed by atoms with Crippen LogP contribution >= 0.6 is 35.1 Å². The summed E-state index contributed by atoms with van der Waals surface area (Å²) in [6, 6.07) is 0. The van der Waals surface area contributed by atoms with Gasteiger partial charge in [0.25, 0.3) is 5.56 Å². The number of aliphatic hydroxyl groups excluding tert-OH is 1. The van der Waals surface area contributed by atoms with Crippen molar-refractivity contribution in [2.45, 2.75) is 23.3 Å². The van der Waals surface area contributed by atoms with Crippen LogP contribution < -0.4 is 11.3 Å². The Kier molecular flexibility index (Phi) is 6.67. The Labute approximate surface area is 194 Å². The zero-order chi connectivity index (χ0) is 27.5. The fraction of sp³-hybridized carbons (Fsp3) is 0.545. The zero-order valence-corrected chi connectivity index (χ0v) is 19.5. The van der Waals surface area contributed by atoms with Gasteiger partial charge in [0, 0.05) is 0 Å². The Balaban J connectivity index is 1.94. The molecule has 3 unspecified atom stereocenters. The third kappa shape index (κ3) is 5.74. The van der Waals surface area contributed by atoms with Crippen molar-refractivity contribution in [2.75, 3.05) is 19.0 Å². The molecule has 6 atom stereocenters. The van der Waals surface area contributed by atoms with E-state index in [4.69, 9.17) is 34.6 Å². The first-order valence-electron chi connectivity index (χ1n) is 9.37. The van der Waals surface area contributed by atoms with Gasteiger partial charge in [0.2, 0.25) is 5.95 Å². The van der Waals surface area contributed by atoms with Crippen molar-refractivity contribution in [1.82, 2.24) is 19.5 Å². The maximum atomic E-state index is 14.0. The smallest absolute Gasteiger partial charge is 0.388 e. The van der Waals surface area contributed by atoms with Gasteiger partial charge in [-0.15, -0.1) is 11.6 Å². The second-order valence-corrected chi connectivity index (χ2v) is 11.5. The molecule has 0 amide bonds. The highest BCUT2D eigenvalue weighted by atomic mass is 35.5. The molecule has 0 saturated carbocycles. The maximum absolute atomic E-state index is 14.0. The standard InChI is InChI=1S/C11H16ClFN5O13P3/c12-11(2-13)6(19)4(1-28-33(24,25)31-34(26,27)30-32(21,22)23)29-9(11)18-3-15-5-7(18)16-10(14)17-8(5)20/h3-4,6,9,19H,1-2H2,(H,24,25)(H,26,27)(H2,21,22,23)(H3,14,16,17,20)/t4-,6+,9-,11?/m1/s1/i1D2. The molecule has 8 N–H and O–H groups in total. The van der Waals surface area contributed by atoms with E-state index < -0.39 is 71.5 Å². The molecular weight excluding hydrogens is 558 g/mol. The van der Waals surface area contributed by atoms with Crippen LogP contribution in [0.1, 0.15) is 8.97 Å². The Morgan fingerprint density at radius 1 is 1.32 bits per heavy atom. The minimum Gasteiger partial charge on any atom is -0.388 e. The minimum atomic E-state index is -6.06. The van der Waals surface area contributed by atoms with Gasteiger partial charge in [0.15, 0.2) is 17.4 Å². The van der Waals surface area contributed by atoms with E-state index in [2.05, 4.69) is 28.1 Å². The monoisotopic (exact) mass is 575 g/mol. The number of nitrogens with one attached hydrogen (secondary N) is 1. The summed E-state index contributed by atoms with van der Waals surface area (Å²) in [6.07, 6.45) is -5.84. The van der Waals surface area contributed by atoms with E-state index in [-0.39, 0.29) is 11.2 Å². The molecule has 3 heterocycles. The van der Waals surface area contributed by atoms with Gasteiger partial charge in [0.05, 0.1) is 15.6 Å². The summed E-state index contributed by atoms with van der Waals surface area (Å²) in [4.78, 5) is 55.1. The predicted octanol–water partition coefficient (Wildman–Crippen LogP) is -0.750. The summed E-state index contributed by atoms with van der Waals surface area (Å²) in [5.41, 5.74) is 3.98. The van der Waals surface area contributed by atoms with Crippen molar-refractivity contribution in [2.24, 2.45) is 0 Å². The number of aromatic nitrogens is 4. The van der Waals surface area contributed by atoms with Gasteiger partial charge in [-0.3, -0.25) is 18.9 Å². The second-order valence-electron chi connectivity index (χ2n) is 6.49. The molecule has 0 bridgehead atoms. The number of ether oxygens (including phenoxy) is 1. The van der Waals surface area contributed by atoms with Crippen molar-refractivity contribution in [1.29, 1.82) is 0 Å². The molecule has 1 aliphatic heterocycles. The van der Waals surface area contributed by atoms with Crippen molar-refractivity contribution in [3.8, 4) is 0 Å². The van der Waals surface area contributed by atoms with Crippen LogP contribution in [-0.2, 0) is 31.6 Å². The topological polar surface area (TPSA) is 279 Å². The fourth-order valence-corrected chi connectivity index (χ4v) is 5.94. The summed E-state index contributed by atoms with van der Waals surface area (Å²) in [5.74, 6) is -0.409. The minimum absolute atomic E-state index is 0.332. The summed E-state index contributed by atoms with van der Waals surface area (Å²) in [7, 11) is -17.8. The van der Waals surface area contributed by atoms with Crippen LogP contribution in [0.25, 0.3) is 11.2 Å². The SMILES string of the molecule is [2H]C([2H])(OP(=O)(O)OP(=O)(O)OP(=O)(O)O)[C@H]1O[C@@H](n2cnc3c(=O)[nH]c(N)nc32)C(Cl)(CF)[C@H]1O. The third-order valence-electron chi connectivity index (χ3n) is 4.07. The van der Waals surface area contributed by atoms with Crippen LogP contribution in [0.3, 0.4) is 0 Å². The van der Waals surface area contributed by atoms with E-state index in [1.54, 1.807) is 0 Å². The molecule has 18 nitrogen and oxygen atoms in total. The number of phosphoric ester groups is 1. The molecule has 0 aromatic carbocycles. The number of aliphatic hydroxyl groups is 1. The second kappa shape index (κ2) is 9.29. The van der Waals surface area contributed by atoms with E-state index in [0.717, 1.165) is 10.9 Å². The first-order valence-corrected chi connectivity index (χ1v) is 13.3. The highest BCUT2D eigenvalue weighted by Gasteiger charge is 2.57. The number of phosphoric acid groups is 3. The number of nitrogen functional groups attached to an aromatic ring is 1. The average Bonchev–Trinajstić information content (AvgIpc) is 3.17. The molecule has 3 rings (SSSR count). The summed E-state index contributed by atoms with van der Waals surface area (Å²) < 4.78 is 81.2. The normalized spacial score (nSPS) is 30.5. The van der Waals surface area contributed by atoms with Crippen LogP contribution in [0.5, 0.6) is 0 Å². The molecule has 1 fully saturated rings. The molecule has 1 saturated heterocycles. The number of hydrogen-bond acceptors (Lipinski definition) is 12. The average molecular weight is 576 g/mol. The number of alkyl halides is 2. The van der Waals surface area contributed by atoms with Crippen molar-refractivity contribution in [3.05, 3.63) is 16.7 Å². The number of hydrogen-bond donors (Lipinski definition) is 7. The Morgan fingerprint density at radius 3 is 2.56 bits per heavy atom. The molecule has 0 spiro atoms. The van der Waals surface area contributed by atoms with Crippen LogP contribution in [0, 0.1) is 0 Å². The number of H-pyrrole nitrogens is 1. The fourth-order valence-electron chi connectivity index (χ4n) is 2.79. The van der Waals surface area contributed by atoms with E-state index in [1.165, 1.54) is 0 Å². The number of aromatic amines is 1. The van der Waals surface area contributed by atoms with Crippen molar-refractivity contribution >= 4 is 52.2 Å². The quantitative estimate of drug-likeness (QED) is 0.143. The highest BCUT2D eigenvalue weighted by Crippen LogP contribution is 2.66. The highest BCUT2D eigenvalue weighted by molar-refractivity contribution is 7.66. The summed E-state index contributed by atoms with van der Waals surface area (Å²) >= 11 is 6.17. The zero-order valence-electron chi connectivity index (χ0n) is 18.0. The maximum Gasteiger partial charge on any atom is 0.490 e. The number of imidazole rings is 1. The Bertz CT molecular complexity index is 1370. The Morgan fingerprint density at radius 2 is 1.97 bits per heavy atom. The molecule has 0 aliphatic carbocycles. The van der Waals surface area contributed by atoms with E-state index in [9.17, 15) is 37.8 Å². The van der Waals surface area contributed by atoms with Crippen LogP contribution in [0.15, 0.2) is 11.1 Å². The summed E-state index contributed by atoms with van der Waals surface area (Å²) in [6.45, 7) is -5.29. The van der Waals surface area contributed by atoms with Gasteiger partial charge in [0.1, 0.15) is 23.8 Å². The lowest BCUT2D eigenvalue weighted by Gasteiger charge is -2.27. The number of rotatable bonds is 9. The lowest BCUT2D eigenvalue weighted by molar-refractivity contribution is -0.0438. The van der Waals surface area contributed by atoms with Gasteiger partial charge >= 0.3 is 23.5 Å². The lowest BCUT2D eigenvalue weighted by atomic mass is 10.0. The molecular formula is C11H16ClFN5O13P3. The summed E-state index contributed by atoms with van der Waals surface area (Å²) in [5, 5.41) is 10.6.